The molecule has 2 amide bonds. The molecule has 36 heavy (non-hydrogen) atoms. The Morgan fingerprint density at radius 3 is 2.78 bits per heavy atom. The number of anilines is 2. The maximum Gasteiger partial charge on any atom is 0.414 e. The zero-order valence-corrected chi connectivity index (χ0v) is 19.2. The van der Waals surface area contributed by atoms with Crippen molar-refractivity contribution >= 4 is 29.8 Å². The summed E-state index contributed by atoms with van der Waals surface area (Å²) in [6, 6.07) is 7.93. The fraction of sp³-hybridized carbons (Fsp3) is 0.250. The van der Waals surface area contributed by atoms with E-state index < -0.39 is 30.5 Å². The van der Waals surface area contributed by atoms with Crippen LogP contribution < -0.4 is 15.1 Å². The summed E-state index contributed by atoms with van der Waals surface area (Å²) in [6.07, 6.45) is 4.17. The summed E-state index contributed by atoms with van der Waals surface area (Å²) in [7, 11) is 0. The summed E-state index contributed by atoms with van der Waals surface area (Å²) in [4.78, 5) is 31.3. The van der Waals surface area contributed by atoms with E-state index in [2.05, 4.69) is 22.0 Å². The number of carbonyl (C=O) groups is 2. The smallest absolute Gasteiger partial charge is 0.414 e. The highest BCUT2D eigenvalue weighted by atomic mass is 19.1. The predicted molar refractivity (Wildman–Crippen MR) is 131 cm³/mol. The Bertz CT molecular complexity index is 1200. The second kappa shape index (κ2) is 10.9. The monoisotopic (exact) mass is 496 g/mol. The van der Waals surface area contributed by atoms with Gasteiger partial charge in [0.05, 0.1) is 31.6 Å². The number of amides is 2. The van der Waals surface area contributed by atoms with Crippen molar-refractivity contribution in [1.29, 1.82) is 0 Å². The summed E-state index contributed by atoms with van der Waals surface area (Å²) < 4.78 is 20.3. The van der Waals surface area contributed by atoms with Crippen molar-refractivity contribution in [3.8, 4) is 11.1 Å². The lowest BCUT2D eigenvalue weighted by molar-refractivity contribution is -0.134. The van der Waals surface area contributed by atoms with Gasteiger partial charge in [0.1, 0.15) is 30.7 Å². The quantitative estimate of drug-likeness (QED) is 0.374. The molecule has 2 aliphatic rings. The van der Waals surface area contributed by atoms with Crippen molar-refractivity contribution < 1.29 is 28.9 Å². The van der Waals surface area contributed by atoms with Crippen LogP contribution in [0.15, 0.2) is 66.2 Å². The number of hydrogen-bond donors (Lipinski definition) is 3. The molecule has 1 aromatic heterocycles. The number of aliphatic hydroxyl groups is 2. The lowest BCUT2D eigenvalue weighted by Crippen LogP contribution is -2.41. The number of rotatable bonds is 8. The average Bonchev–Trinajstić information content (AvgIpc) is 3.27. The van der Waals surface area contributed by atoms with E-state index in [-0.39, 0.29) is 6.54 Å². The van der Waals surface area contributed by atoms with Crippen LogP contribution in [0.3, 0.4) is 0 Å². The molecule has 4 rings (SSSR count). The van der Waals surface area contributed by atoms with Crippen LogP contribution in [0, 0.1) is 5.82 Å². The highest BCUT2D eigenvalue weighted by molar-refractivity contribution is 5.90. The lowest BCUT2D eigenvalue weighted by atomic mass is 10.1. The topological polar surface area (TPSA) is 131 Å². The first-order chi connectivity index (χ1) is 17.4. The van der Waals surface area contributed by atoms with Gasteiger partial charge in [-0.25, -0.2) is 19.2 Å². The Morgan fingerprint density at radius 2 is 2.14 bits per heavy atom. The van der Waals surface area contributed by atoms with Crippen molar-refractivity contribution in [3.05, 3.63) is 67.0 Å². The van der Waals surface area contributed by atoms with E-state index in [4.69, 9.17) is 14.9 Å². The molecule has 2 aliphatic heterocycles. The summed E-state index contributed by atoms with van der Waals surface area (Å²) in [5.41, 5.74) is 1.71. The molecule has 12 heteroatoms. The van der Waals surface area contributed by atoms with Crippen molar-refractivity contribution in [3.63, 3.8) is 0 Å². The van der Waals surface area contributed by atoms with Gasteiger partial charge in [0.15, 0.2) is 0 Å². The third-order valence-corrected chi connectivity index (χ3v) is 5.63. The number of hydrogen-bond acceptors (Lipinski definition) is 9. The number of halogens is 1. The molecule has 0 aliphatic carbocycles. The summed E-state index contributed by atoms with van der Waals surface area (Å²) in [6.45, 7) is 4.37. The first-order valence-corrected chi connectivity index (χ1v) is 11.1. The zero-order chi connectivity index (χ0) is 25.7. The van der Waals surface area contributed by atoms with E-state index in [1.54, 1.807) is 29.2 Å². The number of carbonyl (C=O) groups excluding carboxylic acids is 2. The lowest BCUT2D eigenvalue weighted by Gasteiger charge is -2.27. The van der Waals surface area contributed by atoms with Crippen LogP contribution in [0.2, 0.25) is 0 Å². The fourth-order valence-electron chi connectivity index (χ4n) is 3.74. The van der Waals surface area contributed by atoms with E-state index in [1.807, 2.05) is 0 Å². The standard InChI is InChI=1S/C24H25FN6O5/c1-16(6-9-32)26-12-19-13-30(24(35)36-19)18-3-4-20(21(25)10-18)17-2-5-22(27-11-17)29-7-8-31(28-15-29)23(34)14-33/h2-6,9-11,15,19,26,32-33H,1,7-8,12-14H2/b9-6-. The van der Waals surface area contributed by atoms with Crippen molar-refractivity contribution in [2.75, 3.05) is 42.6 Å². The van der Waals surface area contributed by atoms with Gasteiger partial charge in [0.25, 0.3) is 5.91 Å². The van der Waals surface area contributed by atoms with Gasteiger partial charge in [-0.2, -0.15) is 5.10 Å². The highest BCUT2D eigenvalue weighted by Crippen LogP contribution is 2.29. The van der Waals surface area contributed by atoms with Gasteiger partial charge < -0.3 is 25.2 Å². The van der Waals surface area contributed by atoms with Crippen LogP contribution in [0.5, 0.6) is 0 Å². The number of nitrogens with one attached hydrogen (secondary N) is 1. The molecule has 1 atom stereocenters. The molecule has 1 aromatic carbocycles. The van der Waals surface area contributed by atoms with E-state index >= 15 is 4.39 Å². The Balaban J connectivity index is 1.41. The van der Waals surface area contributed by atoms with E-state index in [0.717, 1.165) is 6.26 Å². The Labute approximate surface area is 206 Å². The number of benzene rings is 1. The summed E-state index contributed by atoms with van der Waals surface area (Å²) in [5, 5.41) is 25.8. The van der Waals surface area contributed by atoms with Gasteiger partial charge >= 0.3 is 6.09 Å². The molecule has 3 N–H and O–H groups in total. The number of nitrogens with zero attached hydrogens (tertiary/aromatic N) is 5. The van der Waals surface area contributed by atoms with Crippen LogP contribution >= 0.6 is 0 Å². The number of allylic oxidation sites excluding steroid dienone is 1. The van der Waals surface area contributed by atoms with Crippen LogP contribution in [-0.4, -0.2) is 77.4 Å². The molecule has 0 radical (unpaired) electrons. The predicted octanol–water partition coefficient (Wildman–Crippen LogP) is 1.97. The number of aliphatic hydroxyl groups excluding tert-OH is 2. The molecule has 3 heterocycles. The second-order valence-electron chi connectivity index (χ2n) is 8.01. The van der Waals surface area contributed by atoms with Crippen molar-refractivity contribution in [2.45, 2.75) is 6.10 Å². The Kier molecular flexibility index (Phi) is 7.44. The van der Waals surface area contributed by atoms with Crippen molar-refractivity contribution in [1.82, 2.24) is 15.3 Å². The minimum atomic E-state index is -0.606. The molecule has 0 bridgehead atoms. The molecule has 1 fully saturated rings. The van der Waals surface area contributed by atoms with E-state index in [9.17, 15) is 9.59 Å². The van der Waals surface area contributed by atoms with Crippen LogP contribution in [-0.2, 0) is 9.53 Å². The molecule has 188 valence electrons. The number of aromatic nitrogens is 1. The third-order valence-electron chi connectivity index (χ3n) is 5.63. The molecule has 0 saturated carbocycles. The third kappa shape index (κ3) is 5.44. The van der Waals surface area contributed by atoms with Crippen molar-refractivity contribution in [2.24, 2.45) is 5.10 Å². The van der Waals surface area contributed by atoms with Gasteiger partial charge in [-0.15, -0.1) is 0 Å². The maximum absolute atomic E-state index is 15.0. The minimum absolute atomic E-state index is 0.232. The first-order valence-electron chi connectivity index (χ1n) is 11.1. The first kappa shape index (κ1) is 24.7. The number of cyclic esters (lactones) is 1. The normalized spacial score (nSPS) is 17.6. The maximum atomic E-state index is 15.0. The van der Waals surface area contributed by atoms with Crippen LogP contribution in [0.25, 0.3) is 11.1 Å². The van der Waals surface area contributed by atoms with Gasteiger partial charge in [-0.05, 0) is 36.4 Å². The minimum Gasteiger partial charge on any atom is -0.516 e. The highest BCUT2D eigenvalue weighted by Gasteiger charge is 2.32. The average molecular weight is 496 g/mol. The second-order valence-corrected chi connectivity index (χ2v) is 8.01. The Morgan fingerprint density at radius 1 is 1.31 bits per heavy atom. The molecular weight excluding hydrogens is 471 g/mol. The van der Waals surface area contributed by atoms with E-state index in [1.165, 1.54) is 34.6 Å². The molecule has 1 unspecified atom stereocenters. The van der Waals surface area contributed by atoms with E-state index in [0.29, 0.717) is 48.0 Å². The summed E-state index contributed by atoms with van der Waals surface area (Å²) in [5.74, 6) is -0.424. The number of ether oxygens (including phenoxy) is 1. The van der Waals surface area contributed by atoms with Gasteiger partial charge in [0, 0.05) is 29.6 Å². The number of pyridine rings is 1. The Hall–Kier alpha value is -4.45. The largest absolute Gasteiger partial charge is 0.516 e. The molecule has 1 saturated heterocycles. The zero-order valence-electron chi connectivity index (χ0n) is 19.2. The molecule has 11 nitrogen and oxygen atoms in total. The SMILES string of the molecule is C=C(/C=C\O)NCC1CN(c2ccc(-c3ccc(N4C=NN(C(=O)CO)CC4)nc3)c(F)c2)C(=O)O1. The number of hydrazone groups is 1. The van der Waals surface area contributed by atoms with Gasteiger partial charge in [0.2, 0.25) is 0 Å². The molecular formula is C24H25FN6O5. The fourth-order valence-corrected chi connectivity index (χ4v) is 3.74. The van der Waals surface area contributed by atoms with Crippen LogP contribution in [0.1, 0.15) is 0 Å². The van der Waals surface area contributed by atoms with Gasteiger partial charge in [-0.3, -0.25) is 9.69 Å². The molecule has 2 aromatic rings. The van der Waals surface area contributed by atoms with Gasteiger partial charge in [-0.1, -0.05) is 6.58 Å². The molecule has 0 spiro atoms. The summed E-state index contributed by atoms with van der Waals surface area (Å²) >= 11 is 0. The van der Waals surface area contributed by atoms with Crippen LogP contribution in [0.4, 0.5) is 20.7 Å².